The molecule has 3 aliphatic rings. The first-order valence-electron chi connectivity index (χ1n) is 13.8. The molecular weight excluding hydrogens is 496 g/mol. The molecule has 2 aromatic carbocycles. The van der Waals surface area contributed by atoms with Crippen molar-refractivity contribution in [3.63, 3.8) is 0 Å². The smallest absolute Gasteiger partial charge is 0.318 e. The van der Waals surface area contributed by atoms with Gasteiger partial charge in [-0.15, -0.1) is 0 Å². The van der Waals surface area contributed by atoms with Crippen LogP contribution in [0.5, 0.6) is 6.01 Å². The van der Waals surface area contributed by atoms with E-state index >= 15 is 0 Å². The van der Waals surface area contributed by atoms with Gasteiger partial charge in [0.25, 0.3) is 0 Å². The summed E-state index contributed by atoms with van der Waals surface area (Å²) in [6.45, 7) is 13.1. The molecule has 3 aromatic rings. The Balaban J connectivity index is 1.34. The molecule has 8 heteroatoms. The standard InChI is InChI=1S/C30H35ClN6O/c1-32-17-21-7-5-15-37(18-21)29-24-13-16-36(27-12-4-9-22-8-3-11-25(31)28(22)27)19-26(24)33-30(34-29)38-20-23-10-6-14-35(23)2/h3-4,8-9,11-12,21,23H,5-7,10,13-20H2,2H3/t21-,23-/m0/s1. The number of anilines is 2. The van der Waals surface area contributed by atoms with Crippen molar-refractivity contribution in [2.24, 2.45) is 5.92 Å². The Morgan fingerprint density at radius 1 is 1.05 bits per heavy atom. The van der Waals surface area contributed by atoms with Crippen molar-refractivity contribution in [1.29, 1.82) is 0 Å². The lowest BCUT2D eigenvalue weighted by Gasteiger charge is -2.36. The molecule has 2 fully saturated rings. The molecule has 198 valence electrons. The van der Waals surface area contributed by atoms with Crippen LogP contribution in [0.4, 0.5) is 11.5 Å². The Labute approximate surface area is 230 Å². The van der Waals surface area contributed by atoms with Gasteiger partial charge in [-0.3, -0.25) is 0 Å². The van der Waals surface area contributed by atoms with Crippen molar-refractivity contribution in [3.05, 3.63) is 64.1 Å². The number of likely N-dealkylation sites (tertiary alicyclic amines) is 1. The number of hydrogen-bond acceptors (Lipinski definition) is 6. The van der Waals surface area contributed by atoms with E-state index in [0.29, 0.717) is 37.7 Å². The van der Waals surface area contributed by atoms with Crippen molar-refractivity contribution in [1.82, 2.24) is 14.9 Å². The van der Waals surface area contributed by atoms with Crippen molar-refractivity contribution >= 4 is 33.9 Å². The van der Waals surface area contributed by atoms with Gasteiger partial charge in [0.05, 0.1) is 17.3 Å². The average molecular weight is 531 g/mol. The molecule has 0 spiro atoms. The second-order valence-electron chi connectivity index (χ2n) is 10.9. The molecule has 0 radical (unpaired) electrons. The van der Waals surface area contributed by atoms with E-state index in [1.165, 1.54) is 12.0 Å². The summed E-state index contributed by atoms with van der Waals surface area (Å²) >= 11 is 6.68. The fourth-order valence-electron chi connectivity index (χ4n) is 6.36. The van der Waals surface area contributed by atoms with E-state index in [4.69, 9.17) is 32.9 Å². The van der Waals surface area contributed by atoms with Gasteiger partial charge in [0, 0.05) is 48.2 Å². The highest BCUT2D eigenvalue weighted by Gasteiger charge is 2.30. The van der Waals surface area contributed by atoms with Gasteiger partial charge < -0.3 is 24.3 Å². The Bertz CT molecular complexity index is 1350. The maximum absolute atomic E-state index is 7.37. The van der Waals surface area contributed by atoms with Gasteiger partial charge >= 0.3 is 6.01 Å². The van der Waals surface area contributed by atoms with E-state index in [9.17, 15) is 0 Å². The van der Waals surface area contributed by atoms with Crippen molar-refractivity contribution in [2.75, 3.05) is 56.2 Å². The van der Waals surface area contributed by atoms with E-state index in [1.807, 2.05) is 12.1 Å². The van der Waals surface area contributed by atoms with Crippen LogP contribution in [0.15, 0.2) is 36.4 Å². The highest BCUT2D eigenvalue weighted by Crippen LogP contribution is 2.37. The van der Waals surface area contributed by atoms with Gasteiger partial charge in [0.2, 0.25) is 6.54 Å². The lowest BCUT2D eigenvalue weighted by atomic mass is 9.96. The van der Waals surface area contributed by atoms with Crippen LogP contribution >= 0.6 is 11.6 Å². The van der Waals surface area contributed by atoms with Crippen LogP contribution in [-0.2, 0) is 13.0 Å². The molecule has 0 N–H and O–H groups in total. The molecule has 7 nitrogen and oxygen atoms in total. The monoisotopic (exact) mass is 530 g/mol. The fourth-order valence-corrected chi connectivity index (χ4v) is 6.63. The molecule has 0 amide bonds. The van der Waals surface area contributed by atoms with Gasteiger partial charge in [-0.25, -0.2) is 6.57 Å². The summed E-state index contributed by atoms with van der Waals surface area (Å²) in [6, 6.07) is 13.4. The minimum Gasteiger partial charge on any atom is -0.462 e. The van der Waals surface area contributed by atoms with Gasteiger partial charge in [0.1, 0.15) is 12.4 Å². The van der Waals surface area contributed by atoms with Crippen molar-refractivity contribution in [3.8, 4) is 6.01 Å². The number of likely N-dealkylation sites (N-methyl/N-ethyl adjacent to an activating group) is 1. The molecule has 3 aliphatic heterocycles. The average Bonchev–Trinajstić information content (AvgIpc) is 3.35. The van der Waals surface area contributed by atoms with Crippen LogP contribution < -0.4 is 14.5 Å². The van der Waals surface area contributed by atoms with Crippen LogP contribution in [0.1, 0.15) is 36.9 Å². The Hall–Kier alpha value is -3.08. The summed E-state index contributed by atoms with van der Waals surface area (Å²) in [5.41, 5.74) is 3.40. The maximum atomic E-state index is 7.37. The number of piperidine rings is 1. The van der Waals surface area contributed by atoms with Gasteiger partial charge in [-0.1, -0.05) is 35.9 Å². The van der Waals surface area contributed by atoms with E-state index in [-0.39, 0.29) is 0 Å². The number of ether oxygens (including phenoxy) is 1. The van der Waals surface area contributed by atoms with Crippen LogP contribution in [0, 0.1) is 12.5 Å². The lowest BCUT2D eigenvalue weighted by Crippen LogP contribution is -2.39. The minimum atomic E-state index is 0.390. The third-order valence-electron chi connectivity index (χ3n) is 8.44. The van der Waals surface area contributed by atoms with Crippen LogP contribution in [0.25, 0.3) is 15.6 Å². The third-order valence-corrected chi connectivity index (χ3v) is 8.75. The molecule has 4 heterocycles. The predicted molar refractivity (Wildman–Crippen MR) is 153 cm³/mol. The van der Waals surface area contributed by atoms with E-state index in [1.54, 1.807) is 0 Å². The number of halogens is 1. The second kappa shape index (κ2) is 11.0. The normalized spacial score (nSPS) is 21.9. The highest BCUT2D eigenvalue weighted by atomic mass is 35.5. The predicted octanol–water partition coefficient (Wildman–Crippen LogP) is 5.45. The number of nitrogens with zero attached hydrogens (tertiary/aromatic N) is 6. The summed E-state index contributed by atoms with van der Waals surface area (Å²) < 4.78 is 6.28. The molecule has 1 aromatic heterocycles. The van der Waals surface area contributed by atoms with Crippen LogP contribution in [-0.4, -0.2) is 67.3 Å². The van der Waals surface area contributed by atoms with Crippen LogP contribution in [0.2, 0.25) is 5.02 Å². The summed E-state index contributed by atoms with van der Waals surface area (Å²) in [7, 11) is 2.17. The molecule has 0 unspecified atom stereocenters. The van der Waals surface area contributed by atoms with Gasteiger partial charge in [-0.05, 0) is 63.2 Å². The molecule has 0 saturated carbocycles. The molecule has 38 heavy (non-hydrogen) atoms. The Morgan fingerprint density at radius 2 is 1.89 bits per heavy atom. The zero-order valence-corrected chi connectivity index (χ0v) is 22.8. The van der Waals surface area contributed by atoms with E-state index in [2.05, 4.69) is 50.9 Å². The number of fused-ring (bicyclic) bond motifs is 2. The quantitative estimate of drug-likeness (QED) is 0.395. The lowest BCUT2D eigenvalue weighted by molar-refractivity contribution is 0.187. The van der Waals surface area contributed by atoms with Crippen LogP contribution in [0.3, 0.4) is 0 Å². The molecule has 0 bridgehead atoms. The number of rotatable bonds is 6. The zero-order chi connectivity index (χ0) is 26.1. The van der Waals surface area contributed by atoms with E-state index in [0.717, 1.165) is 84.9 Å². The van der Waals surface area contributed by atoms with Gasteiger partial charge in [0.15, 0.2) is 0 Å². The Kier molecular flexibility index (Phi) is 7.27. The molecule has 2 saturated heterocycles. The molecule has 6 rings (SSSR count). The summed E-state index contributed by atoms with van der Waals surface area (Å²) in [5, 5.41) is 3.01. The number of hydrogen-bond donors (Lipinski definition) is 0. The number of aromatic nitrogens is 2. The first-order chi connectivity index (χ1) is 18.6. The van der Waals surface area contributed by atoms with E-state index < -0.39 is 0 Å². The topological polar surface area (TPSA) is 49.1 Å². The maximum Gasteiger partial charge on any atom is 0.318 e. The summed E-state index contributed by atoms with van der Waals surface area (Å²) in [4.78, 5) is 20.8. The van der Waals surface area contributed by atoms with Crippen molar-refractivity contribution in [2.45, 2.75) is 44.7 Å². The largest absolute Gasteiger partial charge is 0.462 e. The van der Waals surface area contributed by atoms with Crippen molar-refractivity contribution < 1.29 is 4.74 Å². The zero-order valence-electron chi connectivity index (χ0n) is 22.1. The van der Waals surface area contributed by atoms with Gasteiger partial charge in [-0.2, -0.15) is 9.97 Å². The first kappa shape index (κ1) is 25.2. The molecule has 2 atom stereocenters. The number of benzene rings is 2. The Morgan fingerprint density at radius 3 is 2.71 bits per heavy atom. The highest BCUT2D eigenvalue weighted by molar-refractivity contribution is 6.36. The SMILES string of the molecule is [C-]#[N+]C[C@@H]1CCCN(c2nc(OC[C@@H]3CCCN3C)nc3c2CCN(c2cccc4cccc(Cl)c24)C3)C1. The summed E-state index contributed by atoms with van der Waals surface area (Å²) in [5.74, 6) is 1.40. The summed E-state index contributed by atoms with van der Waals surface area (Å²) in [6.07, 6.45) is 5.41. The third kappa shape index (κ3) is 5.00. The first-order valence-corrected chi connectivity index (χ1v) is 14.2. The molecular formula is C30H35ClN6O. The molecule has 0 aliphatic carbocycles. The fraction of sp³-hybridized carbons (Fsp3) is 0.500. The minimum absolute atomic E-state index is 0.390. The second-order valence-corrected chi connectivity index (χ2v) is 11.3.